The highest BCUT2D eigenvalue weighted by molar-refractivity contribution is 8.04. The van der Waals surface area contributed by atoms with Crippen molar-refractivity contribution in [2.75, 3.05) is 13.2 Å². The van der Waals surface area contributed by atoms with E-state index in [4.69, 9.17) is 9.84 Å². The Kier molecular flexibility index (Phi) is 3.35. The van der Waals surface area contributed by atoms with E-state index in [0.717, 1.165) is 12.8 Å². The Labute approximate surface area is 120 Å². The van der Waals surface area contributed by atoms with Crippen molar-refractivity contribution in [2.24, 2.45) is 0 Å². The highest BCUT2D eigenvalue weighted by atomic mass is 32.2. The molecule has 0 saturated carbocycles. The zero-order valence-electron chi connectivity index (χ0n) is 11.0. The molecule has 20 heavy (non-hydrogen) atoms. The van der Waals surface area contributed by atoms with Gasteiger partial charge >= 0.3 is 5.97 Å². The normalized spacial score (nSPS) is 31.5. The lowest BCUT2D eigenvalue weighted by molar-refractivity contribution is -0.141. The fraction of sp³-hybridized carbons (Fsp3) is 0.538. The average molecular weight is 297 g/mol. The number of ether oxygens (including phenoxy) is 1. The lowest BCUT2D eigenvalue weighted by Crippen LogP contribution is -2.52. The van der Waals surface area contributed by atoms with Gasteiger partial charge in [0.25, 0.3) is 5.91 Å². The molecule has 3 rings (SSSR count). The molecule has 7 heteroatoms. The average Bonchev–Trinajstić information content (AvgIpc) is 3.03. The van der Waals surface area contributed by atoms with Crippen LogP contribution in [-0.2, 0) is 14.3 Å². The molecule has 3 aliphatic heterocycles. The quantitative estimate of drug-likeness (QED) is 0.588. The molecule has 0 radical (unpaired) electrons. The summed E-state index contributed by atoms with van der Waals surface area (Å²) in [5.41, 5.74) is 1.16. The molecule has 0 spiro atoms. The molecular weight excluding hydrogens is 282 g/mol. The number of β-lactam (4-membered cyclic amide) rings is 1. The number of rotatable bonds is 3. The Bertz CT molecular complexity index is 547. The van der Waals surface area contributed by atoms with Crippen LogP contribution in [0.4, 0.5) is 0 Å². The molecule has 2 fully saturated rings. The van der Waals surface area contributed by atoms with E-state index < -0.39 is 5.97 Å². The Morgan fingerprint density at radius 3 is 2.85 bits per heavy atom. The van der Waals surface area contributed by atoms with Crippen molar-refractivity contribution in [1.82, 2.24) is 4.90 Å². The number of hydrogen-bond acceptors (Lipinski definition) is 5. The van der Waals surface area contributed by atoms with Gasteiger partial charge in [-0.3, -0.25) is 9.69 Å². The van der Waals surface area contributed by atoms with Gasteiger partial charge in [0.1, 0.15) is 11.1 Å². The lowest BCUT2D eigenvalue weighted by atomic mass is 9.99. The van der Waals surface area contributed by atoms with E-state index in [9.17, 15) is 14.7 Å². The molecule has 2 N–H and O–H groups in total. The van der Waals surface area contributed by atoms with E-state index in [1.807, 2.05) is 0 Å². The minimum absolute atomic E-state index is 0.0476. The van der Waals surface area contributed by atoms with Gasteiger partial charge in [-0.25, -0.2) is 4.79 Å². The maximum atomic E-state index is 12.1. The molecule has 0 bridgehead atoms. The number of hydrogen-bond donors (Lipinski definition) is 2. The van der Waals surface area contributed by atoms with Crippen molar-refractivity contribution in [3.63, 3.8) is 0 Å². The first kappa shape index (κ1) is 13.7. The monoisotopic (exact) mass is 297 g/mol. The summed E-state index contributed by atoms with van der Waals surface area (Å²) in [6, 6.07) is 0. The summed E-state index contributed by atoms with van der Waals surface area (Å²) >= 11 is 1.36. The van der Waals surface area contributed by atoms with E-state index >= 15 is 0 Å². The Balaban J connectivity index is 1.96. The molecule has 0 aliphatic carbocycles. The molecule has 0 aromatic carbocycles. The molecule has 3 heterocycles. The summed E-state index contributed by atoms with van der Waals surface area (Å²) in [7, 11) is 0. The third-order valence-corrected chi connectivity index (χ3v) is 5.15. The number of amides is 1. The zero-order valence-corrected chi connectivity index (χ0v) is 11.8. The predicted octanol–water partition coefficient (Wildman–Crippen LogP) is 0.685. The fourth-order valence-corrected chi connectivity index (χ4v) is 4.33. The number of carbonyl (C=O) groups excluding carboxylic acids is 1. The molecule has 3 aliphatic rings. The number of fused-ring (bicyclic) bond motifs is 1. The molecule has 108 valence electrons. The third-order valence-electron chi connectivity index (χ3n) is 3.77. The van der Waals surface area contributed by atoms with Crippen molar-refractivity contribution in [3.8, 4) is 0 Å². The Morgan fingerprint density at radius 1 is 1.55 bits per heavy atom. The molecule has 2 atom stereocenters. The fourth-order valence-electron chi connectivity index (χ4n) is 2.73. The van der Waals surface area contributed by atoms with Gasteiger partial charge < -0.3 is 14.9 Å². The van der Waals surface area contributed by atoms with Gasteiger partial charge in [-0.15, -0.1) is 0 Å². The number of thioether (sulfide) groups is 1. The number of carboxylic acid groups (broad SMARTS) is 1. The topological polar surface area (TPSA) is 87.1 Å². The molecular formula is C13H15NO5S. The molecule has 1 amide bonds. The van der Waals surface area contributed by atoms with Gasteiger partial charge in [0.2, 0.25) is 0 Å². The van der Waals surface area contributed by atoms with E-state index in [0.29, 0.717) is 22.7 Å². The van der Waals surface area contributed by atoms with Crippen LogP contribution in [0.1, 0.15) is 19.8 Å². The van der Waals surface area contributed by atoms with Crippen molar-refractivity contribution >= 4 is 23.6 Å². The van der Waals surface area contributed by atoms with Gasteiger partial charge in [0, 0.05) is 11.5 Å². The molecule has 0 aromatic heterocycles. The number of aliphatic hydroxyl groups is 1. The second-order valence-corrected chi connectivity index (χ2v) is 6.14. The number of carbonyl (C=O) groups is 2. The zero-order chi connectivity index (χ0) is 14.4. The van der Waals surface area contributed by atoms with Gasteiger partial charge in [-0.05, 0) is 25.3 Å². The first-order valence-corrected chi connectivity index (χ1v) is 7.34. The van der Waals surface area contributed by atoms with Gasteiger partial charge in [0.15, 0.2) is 0 Å². The van der Waals surface area contributed by atoms with Crippen LogP contribution in [0.15, 0.2) is 21.7 Å². The standard InChI is InChI=1S/C13H15NO5S/c1-6(5-15)8-11(16)14-9(13(17)18)10(20-12(8)14)7-3-2-4-19-7/h7,12,15H,2-5H2,1H3,(H,17,18)/b8-6-/t7-,12-/m1/s1. The summed E-state index contributed by atoms with van der Waals surface area (Å²) in [4.78, 5) is 25.5. The summed E-state index contributed by atoms with van der Waals surface area (Å²) in [5, 5.41) is 18.2. The first-order valence-electron chi connectivity index (χ1n) is 6.46. The second-order valence-electron chi connectivity index (χ2n) is 5.02. The number of carboxylic acids is 1. The number of nitrogens with zero attached hydrogens (tertiary/aromatic N) is 1. The summed E-state index contributed by atoms with van der Waals surface area (Å²) < 4.78 is 5.55. The van der Waals surface area contributed by atoms with Gasteiger partial charge in [0.05, 0.1) is 18.3 Å². The lowest BCUT2D eigenvalue weighted by Gasteiger charge is -2.38. The van der Waals surface area contributed by atoms with E-state index in [1.165, 1.54) is 16.7 Å². The van der Waals surface area contributed by atoms with Crippen LogP contribution < -0.4 is 0 Å². The van der Waals surface area contributed by atoms with Crippen LogP contribution >= 0.6 is 11.8 Å². The largest absolute Gasteiger partial charge is 0.477 e. The van der Waals surface area contributed by atoms with Crippen LogP contribution in [0.25, 0.3) is 0 Å². The van der Waals surface area contributed by atoms with Crippen LogP contribution in [0.2, 0.25) is 0 Å². The maximum Gasteiger partial charge on any atom is 0.353 e. The maximum absolute atomic E-state index is 12.1. The summed E-state index contributed by atoms with van der Waals surface area (Å²) in [5.74, 6) is -1.42. The minimum atomic E-state index is -1.10. The van der Waals surface area contributed by atoms with E-state index in [2.05, 4.69) is 0 Å². The summed E-state index contributed by atoms with van der Waals surface area (Å²) in [6.45, 7) is 2.12. The van der Waals surface area contributed by atoms with Crippen molar-refractivity contribution < 1.29 is 24.5 Å². The van der Waals surface area contributed by atoms with Gasteiger partial charge in [-0.2, -0.15) is 0 Å². The number of aliphatic carboxylic acids is 1. The Hall–Kier alpha value is -1.31. The molecule has 6 nitrogen and oxygen atoms in total. The third kappa shape index (κ3) is 1.81. The van der Waals surface area contributed by atoms with Crippen molar-refractivity contribution in [1.29, 1.82) is 0 Å². The molecule has 0 unspecified atom stereocenters. The van der Waals surface area contributed by atoms with Gasteiger partial charge in [-0.1, -0.05) is 11.8 Å². The minimum Gasteiger partial charge on any atom is -0.477 e. The van der Waals surface area contributed by atoms with Crippen molar-refractivity contribution in [3.05, 3.63) is 21.7 Å². The van der Waals surface area contributed by atoms with Crippen LogP contribution in [0.3, 0.4) is 0 Å². The van der Waals surface area contributed by atoms with Crippen molar-refractivity contribution in [2.45, 2.75) is 31.2 Å². The van der Waals surface area contributed by atoms with Crippen LogP contribution in [-0.4, -0.2) is 51.7 Å². The number of aliphatic hydroxyl groups excluding tert-OH is 1. The van der Waals surface area contributed by atoms with E-state index in [1.54, 1.807) is 6.92 Å². The van der Waals surface area contributed by atoms with Crippen LogP contribution in [0, 0.1) is 0 Å². The first-order chi connectivity index (χ1) is 9.56. The SMILES string of the molecule is C/C(CO)=C1\C(=O)N2C(C(=O)O)=C([C@H]3CCCO3)S[C@H]12. The molecule has 0 aromatic rings. The summed E-state index contributed by atoms with van der Waals surface area (Å²) in [6.07, 6.45) is 1.46. The second kappa shape index (κ2) is 4.91. The highest BCUT2D eigenvalue weighted by Gasteiger charge is 2.54. The molecule has 2 saturated heterocycles. The van der Waals surface area contributed by atoms with Crippen LogP contribution in [0.5, 0.6) is 0 Å². The smallest absolute Gasteiger partial charge is 0.353 e. The highest BCUT2D eigenvalue weighted by Crippen LogP contribution is 2.52. The van der Waals surface area contributed by atoms with E-state index in [-0.39, 0.29) is 29.7 Å². The predicted molar refractivity (Wildman–Crippen MR) is 71.6 cm³/mol. The Morgan fingerprint density at radius 2 is 2.30 bits per heavy atom.